The van der Waals surface area contributed by atoms with E-state index < -0.39 is 10.7 Å². The van der Waals surface area contributed by atoms with Gasteiger partial charge < -0.3 is 14.7 Å². The second-order valence-electron chi connectivity index (χ2n) is 4.99. The number of non-ortho nitro benzene ring substituents is 1. The molecule has 7 heteroatoms. The quantitative estimate of drug-likeness (QED) is 0.691. The fraction of sp³-hybridized carbons (Fsp3) is 0.125. The maximum absolute atomic E-state index is 14.3. The van der Waals surface area contributed by atoms with E-state index in [1.807, 2.05) is 12.2 Å². The van der Waals surface area contributed by atoms with E-state index in [0.29, 0.717) is 17.8 Å². The maximum atomic E-state index is 14.3. The van der Waals surface area contributed by atoms with Gasteiger partial charge in [0.15, 0.2) is 17.3 Å². The normalized spacial score (nSPS) is 12.9. The summed E-state index contributed by atoms with van der Waals surface area (Å²) in [4.78, 5) is 11.8. The lowest BCUT2D eigenvalue weighted by atomic mass is 10.1. The fourth-order valence-electron chi connectivity index (χ4n) is 2.54. The van der Waals surface area contributed by atoms with Gasteiger partial charge in [-0.3, -0.25) is 10.1 Å². The number of hydrogen-bond acceptors (Lipinski definition) is 5. The molecule has 1 heterocycles. The molecule has 0 fully saturated rings. The summed E-state index contributed by atoms with van der Waals surface area (Å²) in [6.45, 7) is 0.398. The zero-order valence-electron chi connectivity index (χ0n) is 12.2. The first kappa shape index (κ1) is 14.8. The predicted molar refractivity (Wildman–Crippen MR) is 83.8 cm³/mol. The SMILES string of the molecule is COc1cc2c(cc1O)C=CCN2c1ccc([N+](=O)[O-])cc1F. The average molecular weight is 316 g/mol. The zero-order chi connectivity index (χ0) is 16.6. The van der Waals surface area contributed by atoms with Gasteiger partial charge in [0.2, 0.25) is 0 Å². The summed E-state index contributed by atoms with van der Waals surface area (Å²) in [5.74, 6) is -0.430. The summed E-state index contributed by atoms with van der Waals surface area (Å²) in [6, 6.07) is 6.66. The maximum Gasteiger partial charge on any atom is 0.272 e. The number of nitro groups is 1. The van der Waals surface area contributed by atoms with Crippen molar-refractivity contribution < 1.29 is 19.2 Å². The Bertz CT molecular complexity index is 820. The topological polar surface area (TPSA) is 75.8 Å². The molecule has 1 N–H and O–H groups in total. The number of aromatic hydroxyl groups is 1. The van der Waals surface area contributed by atoms with Crippen LogP contribution < -0.4 is 9.64 Å². The number of anilines is 2. The van der Waals surface area contributed by atoms with Gasteiger partial charge in [-0.25, -0.2) is 4.39 Å². The van der Waals surface area contributed by atoms with Crippen LogP contribution in [0, 0.1) is 15.9 Å². The Balaban J connectivity index is 2.10. The zero-order valence-corrected chi connectivity index (χ0v) is 12.2. The molecule has 0 spiro atoms. The Morgan fingerprint density at radius 2 is 2.09 bits per heavy atom. The lowest BCUT2D eigenvalue weighted by Crippen LogP contribution is -2.21. The van der Waals surface area contributed by atoms with Crippen molar-refractivity contribution in [3.63, 3.8) is 0 Å². The summed E-state index contributed by atoms with van der Waals surface area (Å²) in [6.07, 6.45) is 3.63. The number of rotatable bonds is 3. The second-order valence-corrected chi connectivity index (χ2v) is 4.99. The van der Waals surface area contributed by atoms with E-state index in [1.165, 1.54) is 25.3 Å². The van der Waals surface area contributed by atoms with E-state index in [2.05, 4.69) is 0 Å². The summed E-state index contributed by atoms with van der Waals surface area (Å²) in [5.41, 5.74) is 1.26. The van der Waals surface area contributed by atoms with Crippen LogP contribution in [0.1, 0.15) is 5.56 Å². The molecule has 0 radical (unpaired) electrons. The number of methoxy groups -OCH3 is 1. The van der Waals surface area contributed by atoms with Gasteiger partial charge in [0, 0.05) is 24.2 Å². The molecule has 0 aromatic heterocycles. The molecular formula is C16H13FN2O4. The highest BCUT2D eigenvalue weighted by molar-refractivity contribution is 5.80. The number of phenolic OH excluding ortho intramolecular Hbond substituents is 1. The molecule has 3 rings (SSSR count). The minimum atomic E-state index is -0.688. The molecule has 0 saturated carbocycles. The van der Waals surface area contributed by atoms with Crippen molar-refractivity contribution >= 4 is 23.1 Å². The summed E-state index contributed by atoms with van der Waals surface area (Å²) >= 11 is 0. The highest BCUT2D eigenvalue weighted by atomic mass is 19.1. The lowest BCUT2D eigenvalue weighted by molar-refractivity contribution is -0.385. The Hall–Kier alpha value is -3.09. The van der Waals surface area contributed by atoms with Gasteiger partial charge in [-0.05, 0) is 12.1 Å². The van der Waals surface area contributed by atoms with Gasteiger partial charge in [-0.2, -0.15) is 0 Å². The number of fused-ring (bicyclic) bond motifs is 1. The van der Waals surface area contributed by atoms with Crippen molar-refractivity contribution in [2.45, 2.75) is 0 Å². The summed E-state index contributed by atoms with van der Waals surface area (Å²) < 4.78 is 19.4. The highest BCUT2D eigenvalue weighted by Crippen LogP contribution is 2.40. The number of halogens is 1. The van der Waals surface area contributed by atoms with Crippen LogP contribution >= 0.6 is 0 Å². The van der Waals surface area contributed by atoms with E-state index in [0.717, 1.165) is 6.07 Å². The third kappa shape index (κ3) is 2.57. The van der Waals surface area contributed by atoms with Crippen LogP contribution in [0.4, 0.5) is 21.5 Å². The first-order valence-electron chi connectivity index (χ1n) is 6.80. The van der Waals surface area contributed by atoms with E-state index in [9.17, 15) is 19.6 Å². The van der Waals surface area contributed by atoms with Crippen LogP contribution in [0.3, 0.4) is 0 Å². The largest absolute Gasteiger partial charge is 0.504 e. The molecule has 1 aliphatic heterocycles. The smallest absolute Gasteiger partial charge is 0.272 e. The van der Waals surface area contributed by atoms with Crippen LogP contribution in [0.2, 0.25) is 0 Å². The van der Waals surface area contributed by atoms with Gasteiger partial charge in [0.05, 0.1) is 29.5 Å². The number of nitro benzene ring substituents is 1. The van der Waals surface area contributed by atoms with E-state index in [4.69, 9.17) is 4.74 Å². The van der Waals surface area contributed by atoms with Crippen molar-refractivity contribution in [3.05, 3.63) is 57.9 Å². The third-order valence-corrected chi connectivity index (χ3v) is 3.64. The molecular weight excluding hydrogens is 303 g/mol. The molecule has 23 heavy (non-hydrogen) atoms. The summed E-state index contributed by atoms with van der Waals surface area (Å²) in [7, 11) is 1.43. The van der Waals surface area contributed by atoms with Crippen LogP contribution in [0.25, 0.3) is 6.08 Å². The first-order valence-corrected chi connectivity index (χ1v) is 6.80. The van der Waals surface area contributed by atoms with Gasteiger partial charge in [-0.1, -0.05) is 12.2 Å². The second kappa shape index (κ2) is 5.60. The predicted octanol–water partition coefficient (Wildman–Crippen LogP) is 3.61. The molecule has 2 aromatic carbocycles. The van der Waals surface area contributed by atoms with Gasteiger partial charge in [0.25, 0.3) is 5.69 Å². The number of phenols is 1. The Morgan fingerprint density at radius 1 is 1.30 bits per heavy atom. The number of ether oxygens (including phenoxy) is 1. The van der Waals surface area contributed by atoms with Crippen LogP contribution in [-0.4, -0.2) is 23.7 Å². The minimum absolute atomic E-state index is 0.0121. The van der Waals surface area contributed by atoms with E-state index >= 15 is 0 Å². The van der Waals surface area contributed by atoms with Crippen LogP contribution in [0.15, 0.2) is 36.4 Å². The number of nitrogens with zero attached hydrogens (tertiary/aromatic N) is 2. The molecule has 1 aliphatic rings. The molecule has 118 valence electrons. The highest BCUT2D eigenvalue weighted by Gasteiger charge is 2.22. The average Bonchev–Trinajstić information content (AvgIpc) is 2.53. The molecule has 0 unspecified atom stereocenters. The van der Waals surface area contributed by atoms with E-state index in [-0.39, 0.29) is 22.9 Å². The number of hydrogen-bond donors (Lipinski definition) is 1. The van der Waals surface area contributed by atoms with Gasteiger partial charge >= 0.3 is 0 Å². The van der Waals surface area contributed by atoms with Crippen molar-refractivity contribution in [2.75, 3.05) is 18.6 Å². The van der Waals surface area contributed by atoms with Gasteiger partial charge in [-0.15, -0.1) is 0 Å². The third-order valence-electron chi connectivity index (χ3n) is 3.64. The number of benzene rings is 2. The van der Waals surface area contributed by atoms with Crippen molar-refractivity contribution in [2.24, 2.45) is 0 Å². The Labute approximate surface area is 131 Å². The molecule has 6 nitrogen and oxygen atoms in total. The van der Waals surface area contributed by atoms with E-state index in [1.54, 1.807) is 11.0 Å². The Morgan fingerprint density at radius 3 is 2.74 bits per heavy atom. The van der Waals surface area contributed by atoms with Crippen LogP contribution in [-0.2, 0) is 0 Å². The van der Waals surface area contributed by atoms with Crippen molar-refractivity contribution in [1.29, 1.82) is 0 Å². The molecule has 0 atom stereocenters. The van der Waals surface area contributed by atoms with Crippen LogP contribution in [0.5, 0.6) is 11.5 Å². The molecule has 0 amide bonds. The summed E-state index contributed by atoms with van der Waals surface area (Å²) in [5, 5.41) is 20.6. The molecule has 0 bridgehead atoms. The standard InChI is InChI=1S/C16H13FN2O4/c1-23-16-9-14-10(7-15(16)20)3-2-6-18(14)13-5-4-11(19(21)22)8-12(13)17/h2-5,7-9,20H,6H2,1H3. The first-order chi connectivity index (χ1) is 11.0. The lowest BCUT2D eigenvalue weighted by Gasteiger charge is -2.29. The molecule has 0 aliphatic carbocycles. The Kier molecular flexibility index (Phi) is 3.61. The van der Waals surface area contributed by atoms with Crippen molar-refractivity contribution in [1.82, 2.24) is 0 Å². The fourth-order valence-corrected chi connectivity index (χ4v) is 2.54. The molecule has 2 aromatic rings. The monoisotopic (exact) mass is 316 g/mol. The van der Waals surface area contributed by atoms with Gasteiger partial charge in [0.1, 0.15) is 0 Å². The minimum Gasteiger partial charge on any atom is -0.504 e. The van der Waals surface area contributed by atoms with Crippen molar-refractivity contribution in [3.8, 4) is 11.5 Å². The molecule has 0 saturated heterocycles.